The van der Waals surface area contributed by atoms with Gasteiger partial charge in [0.2, 0.25) is 5.91 Å². The summed E-state index contributed by atoms with van der Waals surface area (Å²) in [4.78, 5) is 12.6. The Labute approximate surface area is 144 Å². The summed E-state index contributed by atoms with van der Waals surface area (Å²) < 4.78 is 5.92. The Kier molecular flexibility index (Phi) is 5.89. The van der Waals surface area contributed by atoms with Crippen LogP contribution in [0.25, 0.3) is 0 Å². The third-order valence-corrected chi connectivity index (χ3v) is 4.61. The van der Waals surface area contributed by atoms with E-state index in [-0.39, 0.29) is 11.8 Å². The van der Waals surface area contributed by atoms with Gasteiger partial charge in [0, 0.05) is 5.92 Å². The molecule has 0 unspecified atom stereocenters. The van der Waals surface area contributed by atoms with Gasteiger partial charge in [0.15, 0.2) is 0 Å². The summed E-state index contributed by atoms with van der Waals surface area (Å²) in [6.07, 6.45) is 6.81. The fourth-order valence-corrected chi connectivity index (χ4v) is 3.21. The molecule has 0 aliphatic heterocycles. The minimum atomic E-state index is 0.132. The largest absolute Gasteiger partial charge is 0.487 e. The van der Waals surface area contributed by atoms with Gasteiger partial charge in [-0.1, -0.05) is 68.1 Å². The van der Waals surface area contributed by atoms with E-state index < -0.39 is 0 Å². The van der Waals surface area contributed by atoms with Crippen LogP contribution in [0.3, 0.4) is 0 Å². The van der Waals surface area contributed by atoms with Crippen molar-refractivity contribution < 1.29 is 9.53 Å². The zero-order valence-corrected chi connectivity index (χ0v) is 14.0. The highest BCUT2D eigenvalue weighted by Crippen LogP contribution is 2.28. The van der Waals surface area contributed by atoms with E-state index in [0.717, 1.165) is 42.7 Å². The Balaban J connectivity index is 1.64. The number of amides is 1. The molecular weight excluding hydrogens is 298 g/mol. The molecule has 126 valence electrons. The lowest BCUT2D eigenvalue weighted by Crippen LogP contribution is -2.22. The minimum absolute atomic E-state index is 0.132. The number of ether oxygens (including phenoxy) is 1. The fraction of sp³-hybridized carbons (Fsp3) is 0.381. The Morgan fingerprint density at radius 3 is 2.33 bits per heavy atom. The second-order valence-corrected chi connectivity index (χ2v) is 6.45. The maximum absolute atomic E-state index is 12.6. The highest BCUT2D eigenvalue weighted by molar-refractivity contribution is 5.93. The average molecular weight is 323 g/mol. The smallest absolute Gasteiger partial charge is 0.227 e. The lowest BCUT2D eigenvalue weighted by molar-refractivity contribution is -0.120. The fourth-order valence-electron chi connectivity index (χ4n) is 3.21. The topological polar surface area (TPSA) is 38.3 Å². The summed E-state index contributed by atoms with van der Waals surface area (Å²) in [5.74, 6) is 0.991. The van der Waals surface area contributed by atoms with Crippen LogP contribution >= 0.6 is 0 Å². The molecule has 1 aliphatic rings. The molecule has 2 aromatic carbocycles. The van der Waals surface area contributed by atoms with Gasteiger partial charge in [-0.25, -0.2) is 0 Å². The van der Waals surface area contributed by atoms with Gasteiger partial charge >= 0.3 is 0 Å². The molecule has 1 amide bonds. The molecule has 0 saturated heterocycles. The second kappa shape index (κ2) is 8.53. The van der Waals surface area contributed by atoms with Crippen molar-refractivity contribution in [3.8, 4) is 5.75 Å². The van der Waals surface area contributed by atoms with Crippen molar-refractivity contribution in [2.75, 3.05) is 5.32 Å². The number of benzene rings is 2. The number of carbonyl (C=O) groups excluding carboxylic acids is 1. The number of hydrogen-bond donors (Lipinski definition) is 1. The monoisotopic (exact) mass is 323 g/mol. The van der Waals surface area contributed by atoms with Crippen LogP contribution in [0.4, 0.5) is 5.69 Å². The number of anilines is 1. The Hall–Kier alpha value is -2.29. The van der Waals surface area contributed by atoms with E-state index in [0.29, 0.717) is 6.61 Å². The third kappa shape index (κ3) is 4.60. The third-order valence-electron chi connectivity index (χ3n) is 4.61. The van der Waals surface area contributed by atoms with Crippen LogP contribution in [-0.4, -0.2) is 5.91 Å². The highest BCUT2D eigenvalue weighted by atomic mass is 16.5. The number of hydrogen-bond acceptors (Lipinski definition) is 2. The van der Waals surface area contributed by atoms with E-state index in [1.165, 1.54) is 12.8 Å². The van der Waals surface area contributed by atoms with Crippen molar-refractivity contribution in [3.05, 3.63) is 60.2 Å². The molecule has 1 saturated carbocycles. The summed E-state index contributed by atoms with van der Waals surface area (Å²) in [5.41, 5.74) is 1.88. The van der Waals surface area contributed by atoms with Crippen LogP contribution in [0, 0.1) is 5.92 Å². The first-order chi connectivity index (χ1) is 11.8. The molecule has 2 aromatic rings. The summed E-state index contributed by atoms with van der Waals surface area (Å²) >= 11 is 0. The first-order valence-electron chi connectivity index (χ1n) is 8.89. The van der Waals surface area contributed by atoms with Gasteiger partial charge in [0.1, 0.15) is 12.4 Å². The molecular formula is C21H25NO2. The summed E-state index contributed by atoms with van der Waals surface area (Å²) in [5, 5.41) is 3.08. The Bertz CT molecular complexity index is 646. The molecule has 1 N–H and O–H groups in total. The van der Waals surface area contributed by atoms with Crippen molar-refractivity contribution in [2.24, 2.45) is 5.92 Å². The van der Waals surface area contributed by atoms with E-state index in [1.807, 2.05) is 54.6 Å². The van der Waals surface area contributed by atoms with E-state index in [4.69, 9.17) is 4.74 Å². The van der Waals surface area contributed by atoms with Crippen molar-refractivity contribution >= 4 is 11.6 Å². The number of para-hydroxylation sites is 2. The van der Waals surface area contributed by atoms with Gasteiger partial charge in [-0.05, 0) is 30.5 Å². The quantitative estimate of drug-likeness (QED) is 0.770. The van der Waals surface area contributed by atoms with Crippen molar-refractivity contribution in [1.29, 1.82) is 0 Å². The lowest BCUT2D eigenvalue weighted by Gasteiger charge is -2.17. The molecule has 0 heterocycles. The van der Waals surface area contributed by atoms with Gasteiger partial charge in [-0.3, -0.25) is 4.79 Å². The summed E-state index contributed by atoms with van der Waals surface area (Å²) in [6.45, 7) is 0.497. The molecule has 1 fully saturated rings. The lowest BCUT2D eigenvalue weighted by atomic mass is 9.99. The normalized spacial score (nSPS) is 15.5. The first-order valence-corrected chi connectivity index (χ1v) is 8.89. The zero-order chi connectivity index (χ0) is 16.6. The number of rotatable bonds is 5. The van der Waals surface area contributed by atoms with Crippen molar-refractivity contribution in [2.45, 2.75) is 45.1 Å². The van der Waals surface area contributed by atoms with Crippen molar-refractivity contribution in [3.63, 3.8) is 0 Å². The van der Waals surface area contributed by atoms with Crippen LogP contribution < -0.4 is 10.1 Å². The van der Waals surface area contributed by atoms with Crippen LogP contribution in [-0.2, 0) is 11.4 Å². The molecule has 3 rings (SSSR count). The molecule has 1 aliphatic carbocycles. The standard InChI is InChI=1S/C21H25NO2/c23-21(18-12-6-1-2-7-13-18)22-19-14-8-9-15-20(19)24-16-17-10-4-3-5-11-17/h3-5,8-11,14-15,18H,1-2,6-7,12-13,16H2,(H,22,23). The molecule has 24 heavy (non-hydrogen) atoms. The molecule has 3 heteroatoms. The second-order valence-electron chi connectivity index (χ2n) is 6.45. The van der Waals surface area contributed by atoms with Crippen LogP contribution in [0.5, 0.6) is 5.75 Å². The molecule has 3 nitrogen and oxygen atoms in total. The summed E-state index contributed by atoms with van der Waals surface area (Å²) in [7, 11) is 0. The minimum Gasteiger partial charge on any atom is -0.487 e. The van der Waals surface area contributed by atoms with Gasteiger partial charge in [0.05, 0.1) is 5.69 Å². The zero-order valence-electron chi connectivity index (χ0n) is 14.0. The molecule has 0 radical (unpaired) electrons. The van der Waals surface area contributed by atoms with Crippen LogP contribution in [0.1, 0.15) is 44.1 Å². The van der Waals surface area contributed by atoms with E-state index in [2.05, 4.69) is 5.32 Å². The predicted octanol–water partition coefficient (Wildman–Crippen LogP) is 5.17. The van der Waals surface area contributed by atoms with Crippen molar-refractivity contribution in [1.82, 2.24) is 0 Å². The molecule has 0 aromatic heterocycles. The SMILES string of the molecule is O=C(Nc1ccccc1OCc1ccccc1)C1CCCCCC1. The predicted molar refractivity (Wildman–Crippen MR) is 97.0 cm³/mol. The number of carbonyl (C=O) groups is 1. The van der Waals surface area contributed by atoms with Crippen LogP contribution in [0.15, 0.2) is 54.6 Å². The molecule has 0 atom stereocenters. The van der Waals surface area contributed by atoms with Gasteiger partial charge in [-0.2, -0.15) is 0 Å². The van der Waals surface area contributed by atoms with E-state index in [1.54, 1.807) is 0 Å². The van der Waals surface area contributed by atoms with Crippen LogP contribution in [0.2, 0.25) is 0 Å². The maximum atomic E-state index is 12.6. The van der Waals surface area contributed by atoms with Gasteiger partial charge < -0.3 is 10.1 Å². The molecule has 0 spiro atoms. The van der Waals surface area contributed by atoms with Gasteiger partial charge in [-0.15, -0.1) is 0 Å². The maximum Gasteiger partial charge on any atom is 0.227 e. The Morgan fingerprint density at radius 1 is 0.917 bits per heavy atom. The number of nitrogens with one attached hydrogen (secondary N) is 1. The average Bonchev–Trinajstić information content (AvgIpc) is 2.91. The summed E-state index contributed by atoms with van der Waals surface area (Å²) in [6, 6.07) is 17.7. The highest BCUT2D eigenvalue weighted by Gasteiger charge is 2.21. The Morgan fingerprint density at radius 2 is 1.58 bits per heavy atom. The van der Waals surface area contributed by atoms with E-state index >= 15 is 0 Å². The van der Waals surface area contributed by atoms with Gasteiger partial charge in [0.25, 0.3) is 0 Å². The van der Waals surface area contributed by atoms with E-state index in [9.17, 15) is 4.79 Å². The molecule has 0 bridgehead atoms. The first kappa shape index (κ1) is 16.6.